The molecule has 8 nitrogen and oxygen atoms in total. The summed E-state index contributed by atoms with van der Waals surface area (Å²) in [6, 6.07) is 2.51. The molecule has 2 amide bonds. The van der Waals surface area contributed by atoms with Gasteiger partial charge in [-0.25, -0.2) is 12.7 Å². The molecule has 2 N–H and O–H groups in total. The minimum atomic E-state index is -3.96. The van der Waals surface area contributed by atoms with Gasteiger partial charge in [-0.1, -0.05) is 0 Å². The van der Waals surface area contributed by atoms with E-state index in [2.05, 4.69) is 5.32 Å². The molecule has 1 unspecified atom stereocenters. The van der Waals surface area contributed by atoms with Crippen molar-refractivity contribution in [2.45, 2.75) is 24.8 Å². The number of carboxylic acids is 1. The van der Waals surface area contributed by atoms with E-state index in [1.807, 2.05) is 0 Å². The minimum absolute atomic E-state index is 0.00434. The van der Waals surface area contributed by atoms with Crippen LogP contribution in [0.3, 0.4) is 0 Å². The second-order valence-electron chi connectivity index (χ2n) is 4.72. The van der Waals surface area contributed by atoms with Crippen LogP contribution in [-0.2, 0) is 14.8 Å². The fourth-order valence-electron chi connectivity index (χ4n) is 2.07. The highest BCUT2D eigenvalue weighted by Gasteiger charge is 2.40. The Morgan fingerprint density at radius 2 is 2.00 bits per heavy atom. The lowest BCUT2D eigenvalue weighted by Crippen LogP contribution is -2.38. The molecule has 0 saturated carbocycles. The molecule has 0 aromatic heterocycles. The monoisotopic (exact) mass is 326 g/mol. The first-order valence-electron chi connectivity index (χ1n) is 6.45. The Balaban J connectivity index is 2.40. The van der Waals surface area contributed by atoms with Crippen LogP contribution in [0.1, 0.15) is 34.6 Å². The Bertz CT molecular complexity index is 771. The van der Waals surface area contributed by atoms with Crippen LogP contribution in [0.15, 0.2) is 23.1 Å². The number of fused-ring (bicyclic) bond motifs is 1. The van der Waals surface area contributed by atoms with E-state index in [-0.39, 0.29) is 22.6 Å². The lowest BCUT2D eigenvalue weighted by Gasteiger charge is -2.11. The third-order valence-corrected chi connectivity index (χ3v) is 5.17. The third kappa shape index (κ3) is 2.43. The van der Waals surface area contributed by atoms with E-state index in [4.69, 9.17) is 5.11 Å². The van der Waals surface area contributed by atoms with Gasteiger partial charge in [0, 0.05) is 12.1 Å². The molecule has 0 aliphatic carbocycles. The summed E-state index contributed by atoms with van der Waals surface area (Å²) in [7, 11) is -3.96. The minimum Gasteiger partial charge on any atom is -0.480 e. The van der Waals surface area contributed by atoms with E-state index in [1.165, 1.54) is 26.0 Å². The molecule has 1 atom stereocenters. The Hall–Kier alpha value is -2.42. The molecule has 1 aliphatic rings. The molecule has 1 aromatic rings. The van der Waals surface area contributed by atoms with Gasteiger partial charge in [0.05, 0.1) is 5.56 Å². The van der Waals surface area contributed by atoms with Crippen molar-refractivity contribution in [1.29, 1.82) is 0 Å². The van der Waals surface area contributed by atoms with Gasteiger partial charge in [-0.2, -0.15) is 0 Å². The molecular formula is C13H14N2O6S. The molecule has 0 saturated heterocycles. The molecule has 1 heterocycles. The number of carbonyl (C=O) groups is 3. The van der Waals surface area contributed by atoms with Gasteiger partial charge in [-0.3, -0.25) is 14.4 Å². The predicted molar refractivity (Wildman–Crippen MR) is 74.9 cm³/mol. The van der Waals surface area contributed by atoms with E-state index in [0.717, 1.165) is 10.4 Å². The Kier molecular flexibility index (Phi) is 3.92. The number of rotatable bonds is 4. The number of hydrogen-bond acceptors (Lipinski definition) is 5. The summed E-state index contributed by atoms with van der Waals surface area (Å²) < 4.78 is 25.1. The second-order valence-corrected chi connectivity index (χ2v) is 6.55. The van der Waals surface area contributed by atoms with Crippen molar-refractivity contribution in [3.05, 3.63) is 29.3 Å². The average Bonchev–Trinajstić information content (AvgIpc) is 2.65. The fraction of sp³-hybridized carbons (Fsp3) is 0.308. The van der Waals surface area contributed by atoms with Crippen molar-refractivity contribution in [3.8, 4) is 0 Å². The Morgan fingerprint density at radius 3 is 2.55 bits per heavy atom. The maximum Gasteiger partial charge on any atom is 0.325 e. The van der Waals surface area contributed by atoms with Gasteiger partial charge in [0.1, 0.15) is 10.9 Å². The summed E-state index contributed by atoms with van der Waals surface area (Å²) in [4.78, 5) is 34.4. The Labute approximate surface area is 126 Å². The van der Waals surface area contributed by atoms with Gasteiger partial charge in [0.25, 0.3) is 21.8 Å². The first-order chi connectivity index (χ1) is 10.2. The molecule has 0 bridgehead atoms. The zero-order chi connectivity index (χ0) is 16.7. The molecule has 9 heteroatoms. The maximum atomic E-state index is 12.2. The molecule has 1 aromatic carbocycles. The summed E-state index contributed by atoms with van der Waals surface area (Å²) in [6.45, 7) is 2.81. The molecule has 0 radical (unpaired) electrons. The summed E-state index contributed by atoms with van der Waals surface area (Å²) >= 11 is 0. The predicted octanol–water partition coefficient (Wildman–Crippen LogP) is 0.0539. The number of carbonyl (C=O) groups excluding carboxylic acids is 2. The van der Waals surface area contributed by atoms with E-state index < -0.39 is 33.8 Å². The van der Waals surface area contributed by atoms with Crippen LogP contribution in [0, 0.1) is 0 Å². The van der Waals surface area contributed by atoms with Crippen LogP contribution in [0.2, 0.25) is 0 Å². The number of carboxylic acid groups (broad SMARTS) is 1. The van der Waals surface area contributed by atoms with Gasteiger partial charge >= 0.3 is 5.97 Å². The quantitative estimate of drug-likeness (QED) is 0.806. The average molecular weight is 326 g/mol. The summed E-state index contributed by atoms with van der Waals surface area (Å²) in [5.74, 6) is -2.58. The van der Waals surface area contributed by atoms with E-state index in [1.54, 1.807) is 0 Å². The largest absolute Gasteiger partial charge is 0.480 e. The SMILES string of the molecule is CCN1C(=O)c2ccc(C(=O)NC(C)C(=O)O)cc2S1(=O)=O. The van der Waals surface area contributed by atoms with Crippen LogP contribution in [-0.4, -0.2) is 48.2 Å². The van der Waals surface area contributed by atoms with Crippen LogP contribution in [0.5, 0.6) is 0 Å². The van der Waals surface area contributed by atoms with E-state index in [9.17, 15) is 22.8 Å². The van der Waals surface area contributed by atoms with Crippen LogP contribution in [0.4, 0.5) is 0 Å². The zero-order valence-corrected chi connectivity index (χ0v) is 12.7. The summed E-state index contributed by atoms with van der Waals surface area (Å²) in [5, 5.41) is 11.0. The number of hydrogen-bond donors (Lipinski definition) is 2. The van der Waals surface area contributed by atoms with Gasteiger partial charge in [0.2, 0.25) is 0 Å². The van der Waals surface area contributed by atoms with Crippen LogP contribution >= 0.6 is 0 Å². The molecule has 1 aliphatic heterocycles. The fourth-order valence-corrected chi connectivity index (χ4v) is 3.67. The number of sulfonamides is 1. The van der Waals surface area contributed by atoms with Crippen LogP contribution in [0.25, 0.3) is 0 Å². The lowest BCUT2D eigenvalue weighted by atomic mass is 10.1. The van der Waals surface area contributed by atoms with E-state index >= 15 is 0 Å². The summed E-state index contributed by atoms with van der Waals surface area (Å²) in [6.07, 6.45) is 0. The molecule has 0 spiro atoms. The lowest BCUT2D eigenvalue weighted by molar-refractivity contribution is -0.138. The molecule has 0 fully saturated rings. The van der Waals surface area contributed by atoms with Crippen molar-refractivity contribution >= 4 is 27.8 Å². The molecular weight excluding hydrogens is 312 g/mol. The number of aliphatic carboxylic acids is 1. The number of amides is 2. The highest BCUT2D eigenvalue weighted by molar-refractivity contribution is 7.90. The maximum absolute atomic E-state index is 12.2. The topological polar surface area (TPSA) is 121 Å². The number of benzene rings is 1. The van der Waals surface area contributed by atoms with Crippen molar-refractivity contribution in [3.63, 3.8) is 0 Å². The van der Waals surface area contributed by atoms with Gasteiger partial charge in [0.15, 0.2) is 0 Å². The van der Waals surface area contributed by atoms with Crippen molar-refractivity contribution in [2.75, 3.05) is 6.54 Å². The molecule has 2 rings (SSSR count). The molecule has 22 heavy (non-hydrogen) atoms. The standard InChI is InChI=1S/C13H14N2O6S/c1-3-15-12(17)9-5-4-8(6-10(9)22(15,20)21)11(16)14-7(2)13(18)19/h4-7H,3H2,1-2H3,(H,14,16)(H,18,19). The first kappa shape index (κ1) is 16.0. The highest BCUT2D eigenvalue weighted by Crippen LogP contribution is 2.30. The van der Waals surface area contributed by atoms with Crippen molar-refractivity contribution in [2.24, 2.45) is 0 Å². The smallest absolute Gasteiger partial charge is 0.325 e. The van der Waals surface area contributed by atoms with Crippen LogP contribution < -0.4 is 5.32 Å². The van der Waals surface area contributed by atoms with Gasteiger partial charge < -0.3 is 10.4 Å². The first-order valence-corrected chi connectivity index (χ1v) is 7.89. The summed E-state index contributed by atoms with van der Waals surface area (Å²) in [5.41, 5.74) is -0.0224. The van der Waals surface area contributed by atoms with E-state index in [0.29, 0.717) is 0 Å². The van der Waals surface area contributed by atoms with Gasteiger partial charge in [-0.05, 0) is 32.0 Å². The third-order valence-electron chi connectivity index (χ3n) is 3.27. The second kappa shape index (κ2) is 5.41. The van der Waals surface area contributed by atoms with Gasteiger partial charge in [-0.15, -0.1) is 0 Å². The zero-order valence-electron chi connectivity index (χ0n) is 11.9. The molecule has 118 valence electrons. The van der Waals surface area contributed by atoms with Crippen molar-refractivity contribution < 1.29 is 27.9 Å². The van der Waals surface area contributed by atoms with Crippen molar-refractivity contribution in [1.82, 2.24) is 9.62 Å². The Morgan fingerprint density at radius 1 is 1.36 bits per heavy atom. The number of nitrogens with one attached hydrogen (secondary N) is 1. The highest BCUT2D eigenvalue weighted by atomic mass is 32.2. The normalized spacial score (nSPS) is 17.0. The number of nitrogens with zero attached hydrogens (tertiary/aromatic N) is 1.